The van der Waals surface area contributed by atoms with Crippen molar-refractivity contribution in [1.29, 1.82) is 0 Å². The van der Waals surface area contributed by atoms with Gasteiger partial charge in [-0.2, -0.15) is 0 Å². The maximum atomic E-state index is 13.8. The van der Waals surface area contributed by atoms with E-state index in [1.807, 2.05) is 25.7 Å². The van der Waals surface area contributed by atoms with Gasteiger partial charge in [-0.05, 0) is 45.2 Å². The number of carbonyl (C=O) groups is 1. The molecule has 0 radical (unpaired) electrons. The van der Waals surface area contributed by atoms with Crippen molar-refractivity contribution in [2.24, 2.45) is 0 Å². The zero-order valence-corrected chi connectivity index (χ0v) is 14.1. The topological polar surface area (TPSA) is 38.8 Å². The molecule has 1 aromatic carbocycles. The number of benzene rings is 1. The minimum absolute atomic E-state index is 0.0716. The Morgan fingerprint density at radius 2 is 2.00 bits per heavy atom. The second-order valence-electron chi connectivity index (χ2n) is 6.13. The normalized spacial score (nSPS) is 17.1. The lowest BCUT2D eigenvalue weighted by Crippen LogP contribution is -2.52. The zero-order valence-electron chi connectivity index (χ0n) is 14.1. The SMILES string of the molecule is CC[C@H](Oc1ccccc1F)C(=O)N(C(C)C)C1CCOCC1. The predicted octanol–water partition coefficient (Wildman–Crippen LogP) is 3.40. The molecule has 0 bridgehead atoms. The molecule has 0 aromatic heterocycles. The fourth-order valence-corrected chi connectivity index (χ4v) is 2.99. The van der Waals surface area contributed by atoms with Crippen LogP contribution in [0.15, 0.2) is 24.3 Å². The highest BCUT2D eigenvalue weighted by Crippen LogP contribution is 2.23. The average molecular weight is 323 g/mol. The molecule has 0 unspecified atom stereocenters. The molecule has 1 atom stereocenters. The summed E-state index contributed by atoms with van der Waals surface area (Å²) >= 11 is 0. The molecule has 0 aliphatic carbocycles. The van der Waals surface area contributed by atoms with Crippen molar-refractivity contribution >= 4 is 5.91 Å². The van der Waals surface area contributed by atoms with Crippen molar-refractivity contribution in [2.45, 2.75) is 58.2 Å². The number of hydrogen-bond acceptors (Lipinski definition) is 3. The van der Waals surface area contributed by atoms with E-state index >= 15 is 0 Å². The van der Waals surface area contributed by atoms with Gasteiger partial charge in [0, 0.05) is 25.3 Å². The van der Waals surface area contributed by atoms with E-state index in [1.165, 1.54) is 6.07 Å². The fourth-order valence-electron chi connectivity index (χ4n) is 2.99. The minimum Gasteiger partial charge on any atom is -0.478 e. The van der Waals surface area contributed by atoms with Gasteiger partial charge in [0.15, 0.2) is 17.7 Å². The van der Waals surface area contributed by atoms with Crippen molar-refractivity contribution in [3.8, 4) is 5.75 Å². The summed E-state index contributed by atoms with van der Waals surface area (Å²) < 4.78 is 24.9. The number of carbonyl (C=O) groups excluding carboxylic acids is 1. The number of para-hydroxylation sites is 1. The molecule has 23 heavy (non-hydrogen) atoms. The maximum Gasteiger partial charge on any atom is 0.264 e. The van der Waals surface area contributed by atoms with E-state index in [0.29, 0.717) is 19.6 Å². The molecule has 1 aliphatic rings. The lowest BCUT2D eigenvalue weighted by atomic mass is 10.0. The number of nitrogens with zero attached hydrogens (tertiary/aromatic N) is 1. The lowest BCUT2D eigenvalue weighted by Gasteiger charge is -2.39. The Hall–Kier alpha value is -1.62. The van der Waals surface area contributed by atoms with Crippen LogP contribution in [0.4, 0.5) is 4.39 Å². The van der Waals surface area contributed by atoms with E-state index in [9.17, 15) is 9.18 Å². The van der Waals surface area contributed by atoms with Crippen LogP contribution in [0.25, 0.3) is 0 Å². The van der Waals surface area contributed by atoms with Crippen molar-refractivity contribution in [3.63, 3.8) is 0 Å². The molecular weight excluding hydrogens is 297 g/mol. The van der Waals surface area contributed by atoms with Crippen LogP contribution in [0, 0.1) is 5.82 Å². The summed E-state index contributed by atoms with van der Waals surface area (Å²) in [5, 5.41) is 0. The van der Waals surface area contributed by atoms with Gasteiger partial charge >= 0.3 is 0 Å². The van der Waals surface area contributed by atoms with E-state index in [0.717, 1.165) is 12.8 Å². The number of rotatable bonds is 6. The van der Waals surface area contributed by atoms with Crippen LogP contribution in [-0.4, -0.2) is 42.2 Å². The molecule has 1 amide bonds. The monoisotopic (exact) mass is 323 g/mol. The van der Waals surface area contributed by atoms with Gasteiger partial charge in [-0.15, -0.1) is 0 Å². The highest BCUT2D eigenvalue weighted by atomic mass is 19.1. The van der Waals surface area contributed by atoms with Crippen molar-refractivity contribution < 1.29 is 18.7 Å². The van der Waals surface area contributed by atoms with E-state index in [2.05, 4.69) is 0 Å². The van der Waals surface area contributed by atoms with Crippen LogP contribution in [0.2, 0.25) is 0 Å². The molecule has 0 N–H and O–H groups in total. The van der Waals surface area contributed by atoms with Crippen LogP contribution < -0.4 is 4.74 Å². The predicted molar refractivity (Wildman–Crippen MR) is 86.9 cm³/mol. The summed E-state index contributed by atoms with van der Waals surface area (Å²) in [5.41, 5.74) is 0. The summed E-state index contributed by atoms with van der Waals surface area (Å²) in [4.78, 5) is 14.9. The molecule has 1 aliphatic heterocycles. The third kappa shape index (κ3) is 4.44. The molecule has 5 heteroatoms. The summed E-state index contributed by atoms with van der Waals surface area (Å²) in [6.45, 7) is 7.23. The van der Waals surface area contributed by atoms with Gasteiger partial charge in [0.05, 0.1) is 0 Å². The highest BCUT2D eigenvalue weighted by Gasteiger charge is 2.33. The molecule has 4 nitrogen and oxygen atoms in total. The van der Waals surface area contributed by atoms with Gasteiger partial charge < -0.3 is 14.4 Å². The third-order valence-electron chi connectivity index (χ3n) is 4.15. The van der Waals surface area contributed by atoms with Crippen LogP contribution >= 0.6 is 0 Å². The molecule has 0 saturated carbocycles. The van der Waals surface area contributed by atoms with E-state index in [-0.39, 0.29) is 23.7 Å². The second kappa shape index (κ2) is 8.29. The summed E-state index contributed by atoms with van der Waals surface area (Å²) in [6, 6.07) is 6.44. The minimum atomic E-state index is -0.669. The summed E-state index contributed by atoms with van der Waals surface area (Å²) in [7, 11) is 0. The molecule has 2 rings (SSSR count). The van der Waals surface area contributed by atoms with Crippen LogP contribution in [0.3, 0.4) is 0 Å². The highest BCUT2D eigenvalue weighted by molar-refractivity contribution is 5.82. The zero-order chi connectivity index (χ0) is 16.8. The average Bonchev–Trinajstić information content (AvgIpc) is 2.55. The van der Waals surface area contributed by atoms with Gasteiger partial charge in [-0.1, -0.05) is 19.1 Å². The molecular formula is C18H26FNO3. The third-order valence-corrected chi connectivity index (χ3v) is 4.15. The van der Waals surface area contributed by atoms with Gasteiger partial charge in [0.25, 0.3) is 5.91 Å². The Morgan fingerprint density at radius 3 is 2.57 bits per heavy atom. The first-order valence-electron chi connectivity index (χ1n) is 8.35. The molecule has 128 valence electrons. The quantitative estimate of drug-likeness (QED) is 0.805. The van der Waals surface area contributed by atoms with Crippen molar-refractivity contribution in [3.05, 3.63) is 30.1 Å². The van der Waals surface area contributed by atoms with Gasteiger partial charge in [0.1, 0.15) is 0 Å². The van der Waals surface area contributed by atoms with Gasteiger partial charge in [0.2, 0.25) is 0 Å². The summed E-state index contributed by atoms with van der Waals surface area (Å²) in [5.74, 6) is -0.387. The molecule has 1 aromatic rings. The van der Waals surface area contributed by atoms with Gasteiger partial charge in [-0.3, -0.25) is 4.79 Å². The van der Waals surface area contributed by atoms with E-state index in [1.54, 1.807) is 18.2 Å². The van der Waals surface area contributed by atoms with E-state index < -0.39 is 11.9 Å². The Morgan fingerprint density at radius 1 is 1.35 bits per heavy atom. The number of ether oxygens (including phenoxy) is 2. The van der Waals surface area contributed by atoms with Crippen molar-refractivity contribution in [1.82, 2.24) is 4.90 Å². The fraction of sp³-hybridized carbons (Fsp3) is 0.611. The Labute approximate surface area is 137 Å². The lowest BCUT2D eigenvalue weighted by molar-refractivity contribution is -0.145. The number of hydrogen-bond donors (Lipinski definition) is 0. The largest absolute Gasteiger partial charge is 0.478 e. The first kappa shape index (κ1) is 17.7. The first-order chi connectivity index (χ1) is 11.0. The Bertz CT molecular complexity index is 515. The smallest absolute Gasteiger partial charge is 0.264 e. The Kier molecular flexibility index (Phi) is 6.39. The number of amides is 1. The summed E-state index contributed by atoms with van der Waals surface area (Å²) in [6.07, 6.45) is 1.50. The van der Waals surface area contributed by atoms with E-state index in [4.69, 9.17) is 9.47 Å². The molecule has 1 saturated heterocycles. The van der Waals surface area contributed by atoms with Crippen LogP contribution in [0.5, 0.6) is 5.75 Å². The maximum absolute atomic E-state index is 13.8. The first-order valence-corrected chi connectivity index (χ1v) is 8.35. The van der Waals surface area contributed by atoms with Gasteiger partial charge in [-0.25, -0.2) is 4.39 Å². The molecule has 1 heterocycles. The van der Waals surface area contributed by atoms with Crippen molar-refractivity contribution in [2.75, 3.05) is 13.2 Å². The standard InChI is InChI=1S/C18H26FNO3/c1-4-16(23-17-8-6-5-7-15(17)19)18(21)20(13(2)3)14-9-11-22-12-10-14/h5-8,13-14,16H,4,9-12H2,1-3H3/t16-/m0/s1. The molecule has 0 spiro atoms. The number of halogens is 1. The molecule has 1 fully saturated rings. The second-order valence-corrected chi connectivity index (χ2v) is 6.13. The van der Waals surface area contributed by atoms with Crippen LogP contribution in [-0.2, 0) is 9.53 Å². The Balaban J connectivity index is 2.14. The van der Waals surface area contributed by atoms with Crippen LogP contribution in [0.1, 0.15) is 40.0 Å².